The van der Waals surface area contributed by atoms with Crippen LogP contribution in [0.4, 0.5) is 5.69 Å². The zero-order valence-electron chi connectivity index (χ0n) is 11.7. The van der Waals surface area contributed by atoms with Crippen LogP contribution in [-0.4, -0.2) is 37.1 Å². The average molecular weight is 259 g/mol. The third kappa shape index (κ3) is 3.71. The summed E-state index contributed by atoms with van der Waals surface area (Å²) in [5, 5.41) is 7.10. The fourth-order valence-corrected chi connectivity index (χ4v) is 3.15. The van der Waals surface area contributed by atoms with Gasteiger partial charge in [0.1, 0.15) is 0 Å². The molecule has 0 saturated carbocycles. The first kappa shape index (κ1) is 12.9. The van der Waals surface area contributed by atoms with Gasteiger partial charge < -0.3 is 10.6 Å². The smallest absolute Gasteiger partial charge is 0.0343 e. The fraction of sp³-hybridized carbons (Fsp3) is 0.625. The predicted molar refractivity (Wildman–Crippen MR) is 80.5 cm³/mol. The van der Waals surface area contributed by atoms with Crippen molar-refractivity contribution in [1.29, 1.82) is 0 Å². The molecule has 3 heteroatoms. The second kappa shape index (κ2) is 6.40. The summed E-state index contributed by atoms with van der Waals surface area (Å²) < 4.78 is 0. The van der Waals surface area contributed by atoms with E-state index in [-0.39, 0.29) is 0 Å². The minimum atomic E-state index is 0.655. The van der Waals surface area contributed by atoms with Crippen molar-refractivity contribution in [2.24, 2.45) is 0 Å². The number of nitrogens with zero attached hydrogens (tertiary/aromatic N) is 1. The van der Waals surface area contributed by atoms with Crippen molar-refractivity contribution in [2.45, 2.75) is 38.3 Å². The molecule has 2 N–H and O–H groups in total. The number of anilines is 1. The molecule has 2 aliphatic rings. The summed E-state index contributed by atoms with van der Waals surface area (Å²) in [5.74, 6) is 0. The molecule has 1 aromatic carbocycles. The third-order valence-corrected chi connectivity index (χ3v) is 4.25. The quantitative estimate of drug-likeness (QED) is 0.850. The molecule has 2 heterocycles. The molecule has 0 aliphatic carbocycles. The van der Waals surface area contributed by atoms with Crippen molar-refractivity contribution in [3.05, 3.63) is 29.8 Å². The monoisotopic (exact) mass is 259 g/mol. The summed E-state index contributed by atoms with van der Waals surface area (Å²) >= 11 is 0. The van der Waals surface area contributed by atoms with E-state index in [1.165, 1.54) is 56.6 Å². The van der Waals surface area contributed by atoms with E-state index in [2.05, 4.69) is 39.8 Å². The average Bonchev–Trinajstić information content (AvgIpc) is 3.10. The van der Waals surface area contributed by atoms with Crippen LogP contribution >= 0.6 is 0 Å². The first-order valence-electron chi connectivity index (χ1n) is 7.69. The van der Waals surface area contributed by atoms with Gasteiger partial charge in [0.15, 0.2) is 0 Å². The van der Waals surface area contributed by atoms with Crippen LogP contribution in [-0.2, 0) is 6.54 Å². The molecule has 3 rings (SSSR count). The molecule has 1 atom stereocenters. The summed E-state index contributed by atoms with van der Waals surface area (Å²) in [6.07, 6.45) is 5.36. The van der Waals surface area contributed by atoms with E-state index in [1.54, 1.807) is 0 Å². The number of nitrogens with one attached hydrogen (secondary N) is 2. The maximum Gasteiger partial charge on any atom is 0.0343 e. The Labute approximate surface area is 116 Å². The van der Waals surface area contributed by atoms with Gasteiger partial charge in [-0.3, -0.25) is 4.90 Å². The lowest BCUT2D eigenvalue weighted by atomic mass is 10.1. The van der Waals surface area contributed by atoms with E-state index in [9.17, 15) is 0 Å². The van der Waals surface area contributed by atoms with Gasteiger partial charge in [-0.15, -0.1) is 0 Å². The van der Waals surface area contributed by atoms with E-state index in [0.717, 1.165) is 13.1 Å². The zero-order chi connectivity index (χ0) is 12.9. The molecule has 0 aromatic heterocycles. The van der Waals surface area contributed by atoms with Gasteiger partial charge in [-0.25, -0.2) is 0 Å². The van der Waals surface area contributed by atoms with Crippen LogP contribution in [0.1, 0.15) is 31.2 Å². The van der Waals surface area contributed by atoms with Crippen molar-refractivity contribution in [3.8, 4) is 0 Å². The molecule has 19 heavy (non-hydrogen) atoms. The number of likely N-dealkylation sites (tertiary alicyclic amines) is 1. The fourth-order valence-electron chi connectivity index (χ4n) is 3.15. The lowest BCUT2D eigenvalue weighted by molar-refractivity contribution is 0.331. The highest BCUT2D eigenvalue weighted by Crippen LogP contribution is 2.16. The van der Waals surface area contributed by atoms with Crippen molar-refractivity contribution in [3.63, 3.8) is 0 Å². The molecule has 1 aromatic rings. The Kier molecular flexibility index (Phi) is 4.36. The maximum atomic E-state index is 3.57. The predicted octanol–water partition coefficient (Wildman–Crippen LogP) is 2.45. The summed E-state index contributed by atoms with van der Waals surface area (Å²) in [5.41, 5.74) is 2.71. The van der Waals surface area contributed by atoms with Gasteiger partial charge in [0.05, 0.1) is 0 Å². The van der Waals surface area contributed by atoms with Crippen molar-refractivity contribution in [2.75, 3.05) is 31.5 Å². The van der Waals surface area contributed by atoms with Crippen molar-refractivity contribution in [1.82, 2.24) is 10.2 Å². The first-order valence-corrected chi connectivity index (χ1v) is 7.69. The number of benzene rings is 1. The van der Waals surface area contributed by atoms with Crippen LogP contribution in [0.5, 0.6) is 0 Å². The van der Waals surface area contributed by atoms with Crippen LogP contribution in [0.3, 0.4) is 0 Å². The molecular weight excluding hydrogens is 234 g/mol. The van der Waals surface area contributed by atoms with Gasteiger partial charge in [0, 0.05) is 24.8 Å². The normalized spacial score (nSPS) is 23.9. The highest BCUT2D eigenvalue weighted by Gasteiger charge is 2.14. The van der Waals surface area contributed by atoms with Crippen LogP contribution in [0.15, 0.2) is 24.3 Å². The Morgan fingerprint density at radius 1 is 1.21 bits per heavy atom. The van der Waals surface area contributed by atoms with Crippen LogP contribution in [0, 0.1) is 0 Å². The second-order valence-corrected chi connectivity index (χ2v) is 5.86. The summed E-state index contributed by atoms with van der Waals surface area (Å²) in [6.45, 7) is 5.87. The van der Waals surface area contributed by atoms with E-state index in [1.807, 2.05) is 0 Å². The molecule has 2 saturated heterocycles. The van der Waals surface area contributed by atoms with Gasteiger partial charge in [0.2, 0.25) is 0 Å². The van der Waals surface area contributed by atoms with E-state index in [0.29, 0.717) is 6.04 Å². The Hall–Kier alpha value is -1.06. The molecule has 1 unspecified atom stereocenters. The lowest BCUT2D eigenvalue weighted by Crippen LogP contribution is -2.29. The molecule has 0 amide bonds. The molecule has 104 valence electrons. The molecule has 2 aliphatic heterocycles. The minimum Gasteiger partial charge on any atom is -0.383 e. The molecule has 0 bridgehead atoms. The topological polar surface area (TPSA) is 27.3 Å². The van der Waals surface area contributed by atoms with Gasteiger partial charge >= 0.3 is 0 Å². The Morgan fingerprint density at radius 2 is 2.11 bits per heavy atom. The highest BCUT2D eigenvalue weighted by atomic mass is 15.1. The second-order valence-electron chi connectivity index (χ2n) is 5.86. The zero-order valence-corrected chi connectivity index (χ0v) is 11.7. The lowest BCUT2D eigenvalue weighted by Gasteiger charge is -2.16. The molecule has 2 fully saturated rings. The number of hydrogen-bond acceptors (Lipinski definition) is 3. The number of rotatable bonds is 5. The largest absolute Gasteiger partial charge is 0.383 e. The Morgan fingerprint density at radius 3 is 2.89 bits per heavy atom. The standard InChI is InChI=1S/C16H25N3/c1-2-10-19(9-1)13-14-5-3-6-15(11-14)18-12-16-7-4-8-17-16/h3,5-6,11,16-18H,1-2,4,7-10,12-13H2. The number of hydrogen-bond donors (Lipinski definition) is 2. The SMILES string of the molecule is c1cc(CN2CCCC2)cc(NCC2CCCN2)c1. The van der Waals surface area contributed by atoms with Gasteiger partial charge in [0.25, 0.3) is 0 Å². The Balaban J connectivity index is 1.52. The minimum absolute atomic E-state index is 0.655. The summed E-state index contributed by atoms with van der Waals surface area (Å²) in [4.78, 5) is 2.55. The van der Waals surface area contributed by atoms with Gasteiger partial charge in [-0.2, -0.15) is 0 Å². The molecule has 0 radical (unpaired) electrons. The maximum absolute atomic E-state index is 3.57. The summed E-state index contributed by atoms with van der Waals surface area (Å²) in [7, 11) is 0. The molecular formula is C16H25N3. The van der Waals surface area contributed by atoms with Gasteiger partial charge in [-0.1, -0.05) is 12.1 Å². The summed E-state index contributed by atoms with van der Waals surface area (Å²) in [6, 6.07) is 9.57. The Bertz CT molecular complexity index is 393. The van der Waals surface area contributed by atoms with Crippen molar-refractivity contribution < 1.29 is 0 Å². The van der Waals surface area contributed by atoms with E-state index >= 15 is 0 Å². The van der Waals surface area contributed by atoms with Gasteiger partial charge in [-0.05, 0) is 63.0 Å². The van der Waals surface area contributed by atoms with Crippen LogP contribution in [0.2, 0.25) is 0 Å². The first-order chi connectivity index (χ1) is 9.40. The molecule has 3 nitrogen and oxygen atoms in total. The van der Waals surface area contributed by atoms with Crippen molar-refractivity contribution >= 4 is 5.69 Å². The molecule has 0 spiro atoms. The van der Waals surface area contributed by atoms with E-state index < -0.39 is 0 Å². The highest BCUT2D eigenvalue weighted by molar-refractivity contribution is 5.45. The van der Waals surface area contributed by atoms with E-state index in [4.69, 9.17) is 0 Å². The van der Waals surface area contributed by atoms with Crippen LogP contribution in [0.25, 0.3) is 0 Å². The third-order valence-electron chi connectivity index (χ3n) is 4.25. The van der Waals surface area contributed by atoms with Crippen LogP contribution < -0.4 is 10.6 Å².